The summed E-state index contributed by atoms with van der Waals surface area (Å²) >= 11 is 1.23. The summed E-state index contributed by atoms with van der Waals surface area (Å²) in [6.07, 6.45) is 0. The third-order valence-electron chi connectivity index (χ3n) is 4.02. The number of ether oxygens (including phenoxy) is 1. The average Bonchev–Trinajstić information content (AvgIpc) is 2.66. The van der Waals surface area contributed by atoms with Crippen LogP contribution >= 0.6 is 11.8 Å². The zero-order valence-corrected chi connectivity index (χ0v) is 17.3. The van der Waals surface area contributed by atoms with Gasteiger partial charge in [-0.3, -0.25) is 4.79 Å². The summed E-state index contributed by atoms with van der Waals surface area (Å²) in [6.45, 7) is 5.16. The largest absolute Gasteiger partial charge is 0.379 e. The van der Waals surface area contributed by atoms with E-state index < -0.39 is 10.0 Å². The van der Waals surface area contributed by atoms with Gasteiger partial charge in [0.05, 0.1) is 23.9 Å². The van der Waals surface area contributed by atoms with E-state index in [2.05, 4.69) is 15.3 Å². The Morgan fingerprint density at radius 3 is 2.54 bits per heavy atom. The number of hydrogen-bond acceptors (Lipinski definition) is 7. The second-order valence-corrected chi connectivity index (χ2v) is 9.19. The van der Waals surface area contributed by atoms with Crippen LogP contribution in [0.15, 0.2) is 40.4 Å². The molecule has 1 saturated heterocycles. The number of nitrogens with zero attached hydrogens (tertiary/aromatic N) is 3. The first kappa shape index (κ1) is 20.7. The number of thioether (sulfide) groups is 1. The molecular weight excluding hydrogens is 400 g/mol. The minimum Gasteiger partial charge on any atom is -0.379 e. The number of hydrogen-bond donors (Lipinski definition) is 1. The summed E-state index contributed by atoms with van der Waals surface area (Å²) in [6, 6.07) is 8.14. The lowest BCUT2D eigenvalue weighted by Gasteiger charge is -2.26. The van der Waals surface area contributed by atoms with Crippen LogP contribution in [0, 0.1) is 13.8 Å². The standard InChI is InChI=1S/C18H22N4O4S2/c1-13-10-14(2)20-18(19-13)27-12-17(23)21-15-4-3-5-16(11-15)28(24,25)22-6-8-26-9-7-22/h3-5,10-11H,6-9,12H2,1-2H3,(H,21,23). The van der Waals surface area contributed by atoms with Crippen LogP contribution in [-0.4, -0.2) is 60.7 Å². The maximum absolute atomic E-state index is 12.7. The van der Waals surface area contributed by atoms with Crippen molar-refractivity contribution in [2.45, 2.75) is 23.9 Å². The van der Waals surface area contributed by atoms with Gasteiger partial charge in [0, 0.05) is 30.2 Å². The molecule has 1 aromatic carbocycles. The molecule has 0 aliphatic carbocycles. The van der Waals surface area contributed by atoms with E-state index >= 15 is 0 Å². The molecule has 1 aliphatic heterocycles. The van der Waals surface area contributed by atoms with Crippen molar-refractivity contribution in [3.8, 4) is 0 Å². The highest BCUT2D eigenvalue weighted by molar-refractivity contribution is 7.99. The van der Waals surface area contributed by atoms with Crippen molar-refractivity contribution in [3.05, 3.63) is 41.7 Å². The van der Waals surface area contributed by atoms with E-state index in [4.69, 9.17) is 4.74 Å². The first-order valence-corrected chi connectivity index (χ1v) is 11.2. The van der Waals surface area contributed by atoms with Gasteiger partial charge in [-0.15, -0.1) is 0 Å². The second kappa shape index (κ2) is 8.99. The molecule has 1 aromatic heterocycles. The summed E-state index contributed by atoms with van der Waals surface area (Å²) in [7, 11) is -3.61. The number of amides is 1. The Balaban J connectivity index is 1.64. The maximum atomic E-state index is 12.7. The van der Waals surface area contributed by atoms with E-state index in [0.29, 0.717) is 37.1 Å². The monoisotopic (exact) mass is 422 g/mol. The predicted molar refractivity (Wildman–Crippen MR) is 107 cm³/mol. The van der Waals surface area contributed by atoms with Gasteiger partial charge >= 0.3 is 0 Å². The van der Waals surface area contributed by atoms with Gasteiger partial charge in [0.15, 0.2) is 5.16 Å². The summed E-state index contributed by atoms with van der Waals surface area (Å²) in [5.41, 5.74) is 2.12. The number of anilines is 1. The van der Waals surface area contributed by atoms with Crippen LogP contribution in [0.1, 0.15) is 11.4 Å². The molecule has 0 atom stereocenters. The number of carbonyl (C=O) groups excluding carboxylic acids is 1. The van der Waals surface area contributed by atoms with Crippen LogP contribution < -0.4 is 5.32 Å². The van der Waals surface area contributed by atoms with Gasteiger partial charge in [-0.1, -0.05) is 17.8 Å². The molecule has 0 spiro atoms. The van der Waals surface area contributed by atoms with Crippen molar-refractivity contribution in [2.75, 3.05) is 37.4 Å². The van der Waals surface area contributed by atoms with E-state index in [1.807, 2.05) is 19.9 Å². The predicted octanol–water partition coefficient (Wildman–Crippen LogP) is 1.85. The Kier molecular flexibility index (Phi) is 6.65. The smallest absolute Gasteiger partial charge is 0.243 e. The Morgan fingerprint density at radius 1 is 1.18 bits per heavy atom. The highest BCUT2D eigenvalue weighted by atomic mass is 32.2. The number of benzene rings is 1. The molecule has 3 rings (SSSR count). The summed E-state index contributed by atoms with van der Waals surface area (Å²) < 4.78 is 32.1. The number of aromatic nitrogens is 2. The molecule has 1 fully saturated rings. The van der Waals surface area contributed by atoms with Crippen molar-refractivity contribution in [3.63, 3.8) is 0 Å². The van der Waals surface area contributed by atoms with Crippen molar-refractivity contribution in [2.24, 2.45) is 0 Å². The molecule has 150 valence electrons. The molecule has 0 radical (unpaired) electrons. The van der Waals surface area contributed by atoms with Gasteiger partial charge in [-0.2, -0.15) is 4.31 Å². The lowest BCUT2D eigenvalue weighted by molar-refractivity contribution is -0.113. The van der Waals surface area contributed by atoms with Gasteiger partial charge in [0.25, 0.3) is 0 Å². The fourth-order valence-electron chi connectivity index (χ4n) is 2.76. The van der Waals surface area contributed by atoms with Gasteiger partial charge in [0.2, 0.25) is 15.9 Å². The number of aryl methyl sites for hydroxylation is 2. The van der Waals surface area contributed by atoms with Gasteiger partial charge in [-0.25, -0.2) is 18.4 Å². The summed E-state index contributed by atoms with van der Waals surface area (Å²) in [5, 5.41) is 3.27. The minimum atomic E-state index is -3.61. The number of carbonyl (C=O) groups is 1. The lowest BCUT2D eigenvalue weighted by Crippen LogP contribution is -2.40. The zero-order valence-electron chi connectivity index (χ0n) is 15.7. The van der Waals surface area contributed by atoms with Crippen LogP contribution in [0.25, 0.3) is 0 Å². The fourth-order valence-corrected chi connectivity index (χ4v) is 4.96. The average molecular weight is 423 g/mol. The molecule has 1 aliphatic rings. The van der Waals surface area contributed by atoms with E-state index in [9.17, 15) is 13.2 Å². The van der Waals surface area contributed by atoms with Gasteiger partial charge < -0.3 is 10.1 Å². The molecule has 0 saturated carbocycles. The molecule has 2 heterocycles. The van der Waals surface area contributed by atoms with Crippen LogP contribution in [0.2, 0.25) is 0 Å². The molecule has 1 amide bonds. The second-order valence-electron chi connectivity index (χ2n) is 6.31. The van der Waals surface area contributed by atoms with E-state index in [1.165, 1.54) is 28.2 Å². The van der Waals surface area contributed by atoms with Crippen LogP contribution in [0.5, 0.6) is 0 Å². The van der Waals surface area contributed by atoms with E-state index in [1.54, 1.807) is 12.1 Å². The molecule has 0 bridgehead atoms. The van der Waals surface area contributed by atoms with Crippen LogP contribution in [0.3, 0.4) is 0 Å². The number of sulfonamides is 1. The third kappa shape index (κ3) is 5.28. The quantitative estimate of drug-likeness (QED) is 0.560. The number of morpholine rings is 1. The lowest BCUT2D eigenvalue weighted by atomic mass is 10.3. The zero-order chi connectivity index (χ0) is 20.1. The molecule has 28 heavy (non-hydrogen) atoms. The number of nitrogens with one attached hydrogen (secondary N) is 1. The Bertz CT molecular complexity index is 940. The number of rotatable bonds is 6. The van der Waals surface area contributed by atoms with Gasteiger partial charge in [0.1, 0.15) is 0 Å². The van der Waals surface area contributed by atoms with Crippen molar-refractivity contribution >= 4 is 33.4 Å². The first-order chi connectivity index (χ1) is 13.3. The highest BCUT2D eigenvalue weighted by Crippen LogP contribution is 2.21. The molecule has 2 aromatic rings. The van der Waals surface area contributed by atoms with Crippen molar-refractivity contribution < 1.29 is 17.9 Å². The van der Waals surface area contributed by atoms with E-state index in [-0.39, 0.29) is 16.6 Å². The summed E-state index contributed by atoms with van der Waals surface area (Å²) in [5.74, 6) is -0.128. The maximum Gasteiger partial charge on any atom is 0.243 e. The molecule has 0 unspecified atom stereocenters. The Labute approximate surface area is 168 Å². The summed E-state index contributed by atoms with van der Waals surface area (Å²) in [4.78, 5) is 21.0. The molecule has 10 heteroatoms. The molecule has 8 nitrogen and oxygen atoms in total. The first-order valence-electron chi connectivity index (χ1n) is 8.77. The third-order valence-corrected chi connectivity index (χ3v) is 6.76. The molecule has 1 N–H and O–H groups in total. The Hall–Kier alpha value is -2.01. The minimum absolute atomic E-state index is 0.128. The fraction of sp³-hybridized carbons (Fsp3) is 0.389. The van der Waals surface area contributed by atoms with Crippen LogP contribution in [0.4, 0.5) is 5.69 Å². The Morgan fingerprint density at radius 2 is 1.86 bits per heavy atom. The van der Waals surface area contributed by atoms with Crippen molar-refractivity contribution in [1.82, 2.24) is 14.3 Å². The van der Waals surface area contributed by atoms with E-state index in [0.717, 1.165) is 11.4 Å². The SMILES string of the molecule is Cc1cc(C)nc(SCC(=O)Nc2cccc(S(=O)(=O)N3CCOCC3)c2)n1. The molecular formula is C18H22N4O4S2. The normalized spacial score (nSPS) is 15.4. The van der Waals surface area contributed by atoms with Gasteiger partial charge in [-0.05, 0) is 38.1 Å². The highest BCUT2D eigenvalue weighted by Gasteiger charge is 2.26. The van der Waals surface area contributed by atoms with Crippen molar-refractivity contribution in [1.29, 1.82) is 0 Å². The topological polar surface area (TPSA) is 101 Å². The van der Waals surface area contributed by atoms with Crippen LogP contribution in [-0.2, 0) is 19.6 Å².